The molecule has 0 amide bonds. The van der Waals surface area contributed by atoms with E-state index in [1.54, 1.807) is 0 Å². The van der Waals surface area contributed by atoms with Crippen LogP contribution in [0, 0.1) is 0 Å². The van der Waals surface area contributed by atoms with E-state index >= 15 is 0 Å². The Morgan fingerprint density at radius 1 is 1.39 bits per heavy atom. The van der Waals surface area contributed by atoms with E-state index in [9.17, 15) is 0 Å². The number of hydrogen-bond acceptors (Lipinski definition) is 3. The Balaban J connectivity index is 1.80. The fourth-order valence-corrected chi connectivity index (χ4v) is 4.68. The molecule has 18 heavy (non-hydrogen) atoms. The summed E-state index contributed by atoms with van der Waals surface area (Å²) in [5, 5.41) is 4.40. The van der Waals surface area contributed by atoms with E-state index < -0.39 is 0 Å². The summed E-state index contributed by atoms with van der Waals surface area (Å²) in [5.74, 6) is 1.23. The van der Waals surface area contributed by atoms with E-state index in [4.69, 9.17) is 0 Å². The summed E-state index contributed by atoms with van der Waals surface area (Å²) in [5.41, 5.74) is 1.42. The van der Waals surface area contributed by atoms with Crippen molar-refractivity contribution in [2.45, 2.75) is 56.4 Å². The van der Waals surface area contributed by atoms with Gasteiger partial charge >= 0.3 is 0 Å². The second kappa shape index (κ2) is 5.66. The molecule has 1 aliphatic carbocycles. The van der Waals surface area contributed by atoms with Crippen LogP contribution in [0.25, 0.3) is 0 Å². The molecule has 1 saturated carbocycles. The number of hydrogen-bond donors (Lipinski definition) is 1. The van der Waals surface area contributed by atoms with Gasteiger partial charge in [-0.15, -0.1) is 0 Å². The zero-order valence-electron chi connectivity index (χ0n) is 11.1. The fraction of sp³-hybridized carbons (Fsp3) is 0.786. The van der Waals surface area contributed by atoms with Crippen molar-refractivity contribution < 1.29 is 0 Å². The van der Waals surface area contributed by atoms with Crippen LogP contribution in [0.5, 0.6) is 0 Å². The van der Waals surface area contributed by atoms with Gasteiger partial charge in [-0.05, 0) is 38.0 Å². The number of nitrogens with one attached hydrogen (secondary N) is 1. The summed E-state index contributed by atoms with van der Waals surface area (Å²) in [6.45, 7) is 3.43. The molecule has 1 aromatic rings. The van der Waals surface area contributed by atoms with Crippen LogP contribution >= 0.6 is 11.8 Å². The normalized spacial score (nSPS) is 32.2. The molecule has 3 nitrogen and oxygen atoms in total. The van der Waals surface area contributed by atoms with Gasteiger partial charge in [-0.2, -0.15) is 11.8 Å². The van der Waals surface area contributed by atoms with Gasteiger partial charge in [0.05, 0.1) is 12.0 Å². The van der Waals surface area contributed by atoms with Crippen molar-refractivity contribution in [3.63, 3.8) is 0 Å². The van der Waals surface area contributed by atoms with Crippen LogP contribution in [0.3, 0.4) is 0 Å². The highest BCUT2D eigenvalue weighted by molar-refractivity contribution is 7.99. The van der Waals surface area contributed by atoms with Crippen molar-refractivity contribution in [3.05, 3.63) is 18.2 Å². The van der Waals surface area contributed by atoms with E-state index in [-0.39, 0.29) is 0 Å². The second-order valence-electron chi connectivity index (χ2n) is 5.37. The highest BCUT2D eigenvalue weighted by Crippen LogP contribution is 2.40. The summed E-state index contributed by atoms with van der Waals surface area (Å²) in [7, 11) is 0. The van der Waals surface area contributed by atoms with Crippen LogP contribution in [0.15, 0.2) is 12.5 Å². The SMILES string of the molecule is CCSC1CCCC1n1cncc1C1CCCN1. The van der Waals surface area contributed by atoms with Gasteiger partial charge in [0.2, 0.25) is 0 Å². The predicted octanol–water partition coefficient (Wildman–Crippen LogP) is 3.15. The Labute approximate surface area is 114 Å². The minimum absolute atomic E-state index is 0.542. The van der Waals surface area contributed by atoms with Gasteiger partial charge < -0.3 is 9.88 Å². The first-order valence-electron chi connectivity index (χ1n) is 7.27. The van der Waals surface area contributed by atoms with Crippen LogP contribution in [-0.2, 0) is 0 Å². The van der Waals surface area contributed by atoms with Gasteiger partial charge in [0.25, 0.3) is 0 Å². The first-order valence-corrected chi connectivity index (χ1v) is 8.31. The van der Waals surface area contributed by atoms with E-state index in [0.717, 1.165) is 11.8 Å². The van der Waals surface area contributed by atoms with E-state index in [0.29, 0.717) is 12.1 Å². The Hall–Kier alpha value is -0.480. The van der Waals surface area contributed by atoms with Crippen molar-refractivity contribution in [2.24, 2.45) is 0 Å². The van der Waals surface area contributed by atoms with Gasteiger partial charge in [-0.1, -0.05) is 13.3 Å². The molecule has 3 atom stereocenters. The topological polar surface area (TPSA) is 29.9 Å². The lowest BCUT2D eigenvalue weighted by molar-refractivity contribution is 0.478. The standard InChI is InChI=1S/C14H23N3S/c1-2-18-14-7-3-6-12(14)17-10-15-9-13(17)11-5-4-8-16-11/h9-12,14,16H,2-8H2,1H3. The molecule has 0 aromatic carbocycles. The number of thioether (sulfide) groups is 1. The van der Waals surface area contributed by atoms with Crippen LogP contribution in [0.4, 0.5) is 0 Å². The third kappa shape index (κ3) is 2.32. The first kappa shape index (κ1) is 12.5. The highest BCUT2D eigenvalue weighted by atomic mass is 32.2. The minimum Gasteiger partial charge on any atom is -0.329 e. The summed E-state index contributed by atoms with van der Waals surface area (Å²) >= 11 is 2.13. The zero-order valence-corrected chi connectivity index (χ0v) is 12.0. The molecule has 2 fully saturated rings. The van der Waals surface area contributed by atoms with Gasteiger partial charge in [0.15, 0.2) is 0 Å². The molecule has 4 heteroatoms. The molecule has 1 aromatic heterocycles. The molecule has 0 spiro atoms. The third-order valence-corrected chi connectivity index (χ3v) is 5.58. The molecule has 100 valence electrons. The van der Waals surface area contributed by atoms with Crippen molar-refractivity contribution in [2.75, 3.05) is 12.3 Å². The largest absolute Gasteiger partial charge is 0.329 e. The summed E-state index contributed by atoms with van der Waals surface area (Å²) in [6.07, 6.45) is 10.8. The average Bonchev–Trinajstić information content (AvgIpc) is 3.10. The van der Waals surface area contributed by atoms with Crippen molar-refractivity contribution in [1.82, 2.24) is 14.9 Å². The van der Waals surface area contributed by atoms with Crippen LogP contribution in [-0.4, -0.2) is 27.1 Å². The van der Waals surface area contributed by atoms with Crippen molar-refractivity contribution in [1.29, 1.82) is 0 Å². The number of rotatable bonds is 4. The lowest BCUT2D eigenvalue weighted by atomic mass is 10.1. The van der Waals surface area contributed by atoms with E-state index in [1.807, 2.05) is 0 Å². The molecule has 0 radical (unpaired) electrons. The third-order valence-electron chi connectivity index (χ3n) is 4.27. The Morgan fingerprint density at radius 2 is 2.33 bits per heavy atom. The molecular formula is C14H23N3S. The summed E-state index contributed by atoms with van der Waals surface area (Å²) in [6, 6.07) is 1.22. The number of nitrogens with zero attached hydrogens (tertiary/aromatic N) is 2. The molecule has 2 aliphatic rings. The maximum Gasteiger partial charge on any atom is 0.0951 e. The Kier molecular flexibility index (Phi) is 3.94. The lowest BCUT2D eigenvalue weighted by Gasteiger charge is -2.24. The van der Waals surface area contributed by atoms with Crippen molar-refractivity contribution >= 4 is 11.8 Å². The maximum atomic E-state index is 4.42. The second-order valence-corrected chi connectivity index (χ2v) is 6.88. The molecule has 3 unspecified atom stereocenters. The zero-order chi connectivity index (χ0) is 12.4. The molecule has 1 saturated heterocycles. The van der Waals surface area contributed by atoms with Crippen molar-refractivity contribution in [3.8, 4) is 0 Å². The Bertz CT molecular complexity index is 384. The lowest BCUT2D eigenvalue weighted by Crippen LogP contribution is -2.22. The molecule has 1 N–H and O–H groups in total. The fourth-order valence-electron chi connectivity index (χ4n) is 3.43. The van der Waals surface area contributed by atoms with Gasteiger partial charge in [0, 0.05) is 23.5 Å². The monoisotopic (exact) mass is 265 g/mol. The minimum atomic E-state index is 0.542. The van der Waals surface area contributed by atoms with Gasteiger partial charge in [0.1, 0.15) is 0 Å². The molecule has 3 rings (SSSR count). The van der Waals surface area contributed by atoms with Gasteiger partial charge in [-0.25, -0.2) is 4.98 Å². The molecule has 1 aliphatic heterocycles. The number of aromatic nitrogens is 2. The molecule has 2 heterocycles. The predicted molar refractivity (Wildman–Crippen MR) is 77.0 cm³/mol. The maximum absolute atomic E-state index is 4.42. The smallest absolute Gasteiger partial charge is 0.0951 e. The highest BCUT2D eigenvalue weighted by Gasteiger charge is 2.31. The van der Waals surface area contributed by atoms with Crippen LogP contribution < -0.4 is 5.32 Å². The first-order chi connectivity index (χ1) is 8.90. The average molecular weight is 265 g/mol. The van der Waals surface area contributed by atoms with Gasteiger partial charge in [-0.3, -0.25) is 0 Å². The molecular weight excluding hydrogens is 242 g/mol. The summed E-state index contributed by atoms with van der Waals surface area (Å²) < 4.78 is 2.48. The van der Waals surface area contributed by atoms with E-state index in [1.165, 1.54) is 43.6 Å². The van der Waals surface area contributed by atoms with E-state index in [2.05, 4.69) is 46.1 Å². The summed E-state index contributed by atoms with van der Waals surface area (Å²) in [4.78, 5) is 4.42. The van der Waals surface area contributed by atoms with Crippen LogP contribution in [0.2, 0.25) is 0 Å². The molecule has 0 bridgehead atoms. The quantitative estimate of drug-likeness (QED) is 0.907. The van der Waals surface area contributed by atoms with Crippen LogP contribution in [0.1, 0.15) is 56.8 Å². The Morgan fingerprint density at radius 3 is 3.11 bits per heavy atom. The number of imidazole rings is 1.